The molecule has 0 saturated heterocycles. The molecule has 2 amide bonds. The van der Waals surface area contributed by atoms with Crippen LogP contribution in [0.25, 0.3) is 0 Å². The van der Waals surface area contributed by atoms with Gasteiger partial charge in [-0.3, -0.25) is 9.69 Å². The van der Waals surface area contributed by atoms with E-state index in [9.17, 15) is 9.59 Å². The van der Waals surface area contributed by atoms with Gasteiger partial charge in [-0.15, -0.1) is 0 Å². The molecule has 0 aliphatic heterocycles. The average molecular weight is 282 g/mol. The zero-order valence-corrected chi connectivity index (χ0v) is 11.7. The van der Waals surface area contributed by atoms with Crippen molar-refractivity contribution in [3.8, 4) is 0 Å². The number of carbonyl (C=O) groups excluding carboxylic acids is 1. The van der Waals surface area contributed by atoms with Gasteiger partial charge >= 0.3 is 12.0 Å². The second-order valence-corrected chi connectivity index (χ2v) is 4.84. The van der Waals surface area contributed by atoms with Gasteiger partial charge in [0.25, 0.3) is 0 Å². The number of rotatable bonds is 7. The first-order valence-corrected chi connectivity index (χ1v) is 7.35. The van der Waals surface area contributed by atoms with Gasteiger partial charge in [-0.2, -0.15) is 11.8 Å². The molecule has 0 radical (unpaired) electrons. The third-order valence-corrected chi connectivity index (χ3v) is 3.06. The van der Waals surface area contributed by atoms with Gasteiger partial charge in [-0.1, -0.05) is 18.2 Å². The van der Waals surface area contributed by atoms with Crippen LogP contribution in [0.2, 0.25) is 0 Å². The van der Waals surface area contributed by atoms with Crippen LogP contribution in [0.15, 0.2) is 30.3 Å². The van der Waals surface area contributed by atoms with E-state index in [4.69, 9.17) is 5.11 Å². The molecule has 2 N–H and O–H groups in total. The molecule has 0 aliphatic rings. The number of nitrogens with one attached hydrogen (secondary N) is 1. The Morgan fingerprint density at radius 3 is 2.58 bits per heavy atom. The lowest BCUT2D eigenvalue weighted by molar-refractivity contribution is -0.136. The summed E-state index contributed by atoms with van der Waals surface area (Å²) in [7, 11) is 0. The molecule has 0 bridgehead atoms. The molecule has 1 aromatic rings. The van der Waals surface area contributed by atoms with Crippen LogP contribution < -0.4 is 10.2 Å². The fourth-order valence-electron chi connectivity index (χ4n) is 1.52. The predicted octanol–water partition coefficient (Wildman–Crippen LogP) is 2.04. The number of thioether (sulfide) groups is 1. The Morgan fingerprint density at radius 2 is 2.00 bits per heavy atom. The van der Waals surface area contributed by atoms with Crippen LogP contribution in [0, 0.1) is 0 Å². The predicted molar refractivity (Wildman–Crippen MR) is 77.8 cm³/mol. The fraction of sp³-hybridized carbons (Fsp3) is 0.385. The van der Waals surface area contributed by atoms with Gasteiger partial charge in [-0.25, -0.2) is 4.79 Å². The third-order valence-electron chi connectivity index (χ3n) is 2.44. The first-order valence-electron chi connectivity index (χ1n) is 5.96. The molecule has 1 rings (SSSR count). The quantitative estimate of drug-likeness (QED) is 0.751. The molecule has 0 saturated carbocycles. The molecule has 0 fully saturated rings. The van der Waals surface area contributed by atoms with Gasteiger partial charge in [0.2, 0.25) is 0 Å². The van der Waals surface area contributed by atoms with E-state index in [1.165, 1.54) is 4.90 Å². The molecule has 0 spiro atoms. The molecule has 0 aromatic heterocycles. The first-order chi connectivity index (χ1) is 9.15. The Balaban J connectivity index is 2.69. The molecule has 0 atom stereocenters. The van der Waals surface area contributed by atoms with Crippen molar-refractivity contribution in [2.24, 2.45) is 0 Å². The highest BCUT2D eigenvalue weighted by atomic mass is 32.2. The van der Waals surface area contributed by atoms with Crippen LogP contribution in [0.3, 0.4) is 0 Å². The molecular weight excluding hydrogens is 264 g/mol. The lowest BCUT2D eigenvalue weighted by atomic mass is 10.3. The summed E-state index contributed by atoms with van der Waals surface area (Å²) in [6.07, 6.45) is 1.89. The van der Waals surface area contributed by atoms with Crippen LogP contribution in [-0.4, -0.2) is 42.2 Å². The van der Waals surface area contributed by atoms with Crippen LogP contribution in [0.1, 0.15) is 6.42 Å². The van der Waals surface area contributed by atoms with Crippen molar-refractivity contribution in [1.82, 2.24) is 5.32 Å². The number of hydrogen-bond donors (Lipinski definition) is 2. The topological polar surface area (TPSA) is 69.6 Å². The Kier molecular flexibility index (Phi) is 6.81. The summed E-state index contributed by atoms with van der Waals surface area (Å²) in [6.45, 7) is 0.723. The van der Waals surface area contributed by atoms with Crippen molar-refractivity contribution in [2.45, 2.75) is 6.42 Å². The summed E-state index contributed by atoms with van der Waals surface area (Å²) in [5, 5.41) is 11.5. The number of para-hydroxylation sites is 1. The number of hydrogen-bond acceptors (Lipinski definition) is 3. The molecule has 6 heteroatoms. The highest BCUT2D eigenvalue weighted by molar-refractivity contribution is 7.98. The Hall–Kier alpha value is -1.69. The minimum atomic E-state index is -0.919. The third kappa shape index (κ3) is 5.65. The number of benzene rings is 1. The van der Waals surface area contributed by atoms with Gasteiger partial charge in [-0.05, 0) is 18.4 Å². The summed E-state index contributed by atoms with van der Waals surface area (Å²) in [5.74, 6) is -0.0920. The number of carboxylic acid groups (broad SMARTS) is 1. The normalized spacial score (nSPS) is 9.95. The molecule has 104 valence electrons. The van der Waals surface area contributed by atoms with Crippen molar-refractivity contribution >= 4 is 29.4 Å². The Labute approximate surface area is 117 Å². The van der Waals surface area contributed by atoms with Gasteiger partial charge in [0, 0.05) is 24.5 Å². The number of urea groups is 1. The maximum atomic E-state index is 12.0. The summed E-state index contributed by atoms with van der Waals surface area (Å²) in [6, 6.07) is 8.80. The number of carboxylic acids is 1. The molecule has 1 aromatic carbocycles. The molecule has 5 nitrogen and oxygen atoms in total. The largest absolute Gasteiger partial charge is 0.481 e. The minimum Gasteiger partial charge on any atom is -0.481 e. The smallest absolute Gasteiger partial charge is 0.321 e. The summed E-state index contributed by atoms with van der Waals surface area (Å²) >= 11 is 1.64. The lowest BCUT2D eigenvalue weighted by Crippen LogP contribution is -2.42. The molecule has 0 aliphatic carbocycles. The van der Waals surface area contributed by atoms with E-state index >= 15 is 0 Å². The van der Waals surface area contributed by atoms with E-state index < -0.39 is 5.97 Å². The van der Waals surface area contributed by atoms with Gasteiger partial charge in [0.05, 0.1) is 6.42 Å². The second-order valence-electron chi connectivity index (χ2n) is 3.86. The second kappa shape index (κ2) is 8.42. The zero-order valence-electron chi connectivity index (χ0n) is 10.8. The van der Waals surface area contributed by atoms with Crippen LogP contribution in [0.4, 0.5) is 10.5 Å². The fourth-order valence-corrected chi connectivity index (χ4v) is 1.82. The van der Waals surface area contributed by atoms with Crippen LogP contribution in [0.5, 0.6) is 0 Å². The van der Waals surface area contributed by atoms with E-state index in [0.29, 0.717) is 12.2 Å². The highest BCUT2D eigenvalue weighted by Gasteiger charge is 2.15. The number of nitrogens with zero attached hydrogens (tertiary/aromatic N) is 1. The summed E-state index contributed by atoms with van der Waals surface area (Å²) in [5.41, 5.74) is 0.699. The van der Waals surface area contributed by atoms with Gasteiger partial charge in [0.1, 0.15) is 0 Å². The molecular formula is C13H18N2O3S. The van der Waals surface area contributed by atoms with Crippen molar-refractivity contribution in [3.63, 3.8) is 0 Å². The van der Waals surface area contributed by atoms with Crippen molar-refractivity contribution < 1.29 is 14.7 Å². The standard InChI is InChI=1S/C13H18N2O3S/c1-19-10-8-14-13(18)15(9-7-12(16)17)11-5-3-2-4-6-11/h2-6H,7-10H2,1H3,(H,14,18)(H,16,17). The molecule has 19 heavy (non-hydrogen) atoms. The van der Waals surface area contributed by atoms with E-state index in [-0.39, 0.29) is 19.0 Å². The minimum absolute atomic E-state index is 0.0785. The van der Waals surface area contributed by atoms with Crippen molar-refractivity contribution in [2.75, 3.05) is 30.0 Å². The average Bonchev–Trinajstić information content (AvgIpc) is 2.40. The number of carbonyl (C=O) groups is 2. The number of amides is 2. The van der Waals surface area contributed by atoms with E-state index in [0.717, 1.165) is 5.75 Å². The zero-order chi connectivity index (χ0) is 14.1. The van der Waals surface area contributed by atoms with E-state index in [1.54, 1.807) is 23.9 Å². The van der Waals surface area contributed by atoms with E-state index in [2.05, 4.69) is 5.32 Å². The van der Waals surface area contributed by atoms with Crippen molar-refractivity contribution in [3.05, 3.63) is 30.3 Å². The number of aliphatic carboxylic acids is 1. The highest BCUT2D eigenvalue weighted by Crippen LogP contribution is 2.13. The molecule has 0 heterocycles. The van der Waals surface area contributed by atoms with Crippen molar-refractivity contribution in [1.29, 1.82) is 0 Å². The van der Waals surface area contributed by atoms with Crippen LogP contribution >= 0.6 is 11.8 Å². The Morgan fingerprint density at radius 1 is 1.32 bits per heavy atom. The maximum Gasteiger partial charge on any atom is 0.321 e. The van der Waals surface area contributed by atoms with Gasteiger partial charge < -0.3 is 10.4 Å². The molecule has 0 unspecified atom stereocenters. The Bertz CT molecular complexity index is 412. The van der Waals surface area contributed by atoms with E-state index in [1.807, 2.05) is 24.5 Å². The van der Waals surface area contributed by atoms with Crippen LogP contribution in [-0.2, 0) is 4.79 Å². The first kappa shape index (κ1) is 15.4. The SMILES string of the molecule is CSCCNC(=O)N(CCC(=O)O)c1ccccc1. The summed E-state index contributed by atoms with van der Waals surface area (Å²) < 4.78 is 0. The number of anilines is 1. The lowest BCUT2D eigenvalue weighted by Gasteiger charge is -2.22. The maximum absolute atomic E-state index is 12.0. The summed E-state index contributed by atoms with van der Waals surface area (Å²) in [4.78, 5) is 24.2. The monoisotopic (exact) mass is 282 g/mol. The van der Waals surface area contributed by atoms with Gasteiger partial charge in [0.15, 0.2) is 0 Å².